The Labute approximate surface area is 202 Å². The van der Waals surface area contributed by atoms with Crippen LogP contribution in [-0.4, -0.2) is 23.0 Å². The van der Waals surface area contributed by atoms with Crippen LogP contribution < -0.4 is 4.74 Å². The van der Waals surface area contributed by atoms with Crippen molar-refractivity contribution in [1.29, 1.82) is 0 Å². The standard InChI is InChI=1S/C22H16NO.C5H8O2.Pt/c1-24-19-11-9-17(10-12-19)22-15-18(13-14-23-22)21-8-4-6-16-5-2-3-7-20(16)21;1-4(6)3-5(2)7;/h2-9,11-15H,1H3;3,6H,1-2H3;/q-1;;/b;4-3-;. The van der Waals surface area contributed by atoms with Gasteiger partial charge < -0.3 is 14.8 Å². The fourth-order valence-corrected chi connectivity index (χ4v) is 3.21. The Kier molecular flexibility index (Phi) is 9.36. The third-order valence-electron chi connectivity index (χ3n) is 4.57. The van der Waals surface area contributed by atoms with Gasteiger partial charge in [0.25, 0.3) is 0 Å². The van der Waals surface area contributed by atoms with Crippen molar-refractivity contribution in [3.63, 3.8) is 0 Å². The molecule has 4 nitrogen and oxygen atoms in total. The second-order valence-electron chi connectivity index (χ2n) is 7.00. The third-order valence-corrected chi connectivity index (χ3v) is 4.57. The average molecular weight is 606 g/mol. The zero-order valence-corrected chi connectivity index (χ0v) is 20.4. The summed E-state index contributed by atoms with van der Waals surface area (Å²) in [5.41, 5.74) is 4.23. The monoisotopic (exact) mass is 605 g/mol. The number of hydrogen-bond acceptors (Lipinski definition) is 4. The van der Waals surface area contributed by atoms with Gasteiger partial charge in [-0.25, -0.2) is 0 Å². The van der Waals surface area contributed by atoms with Gasteiger partial charge in [-0.2, -0.15) is 0 Å². The van der Waals surface area contributed by atoms with Crippen molar-refractivity contribution in [2.24, 2.45) is 0 Å². The molecule has 0 spiro atoms. The largest absolute Gasteiger partial charge is 0.540 e. The minimum atomic E-state index is -0.125. The fourth-order valence-electron chi connectivity index (χ4n) is 3.21. The summed E-state index contributed by atoms with van der Waals surface area (Å²) in [4.78, 5) is 14.5. The van der Waals surface area contributed by atoms with E-state index in [-0.39, 0.29) is 32.6 Å². The van der Waals surface area contributed by atoms with E-state index >= 15 is 0 Å². The normalized spacial score (nSPS) is 10.5. The molecule has 0 radical (unpaired) electrons. The Morgan fingerprint density at radius 2 is 1.78 bits per heavy atom. The molecule has 0 unspecified atom stereocenters. The number of benzene rings is 3. The second kappa shape index (κ2) is 12.0. The van der Waals surface area contributed by atoms with Gasteiger partial charge in [0.15, 0.2) is 5.78 Å². The molecular formula is C27H24NO3Pt-. The first kappa shape index (κ1) is 25.0. The van der Waals surface area contributed by atoms with Gasteiger partial charge in [0.2, 0.25) is 0 Å². The predicted molar refractivity (Wildman–Crippen MR) is 125 cm³/mol. The van der Waals surface area contributed by atoms with Gasteiger partial charge in [-0.15, -0.1) is 29.8 Å². The summed E-state index contributed by atoms with van der Waals surface area (Å²) in [7, 11) is 1.65. The first-order chi connectivity index (χ1) is 15.0. The smallest absolute Gasteiger partial charge is 0.155 e. The number of aliphatic hydroxyl groups excluding tert-OH is 1. The van der Waals surface area contributed by atoms with Crippen LogP contribution in [0.4, 0.5) is 0 Å². The van der Waals surface area contributed by atoms with Crippen LogP contribution >= 0.6 is 0 Å². The minimum absolute atomic E-state index is 0. The number of nitrogens with zero attached hydrogens (tertiary/aromatic N) is 1. The van der Waals surface area contributed by atoms with Crippen molar-refractivity contribution < 1.29 is 35.7 Å². The van der Waals surface area contributed by atoms with Crippen LogP contribution in [0.2, 0.25) is 0 Å². The van der Waals surface area contributed by atoms with E-state index < -0.39 is 0 Å². The number of fused-ring (bicyclic) bond motifs is 1. The Hall–Kier alpha value is -3.23. The molecule has 4 rings (SSSR count). The topological polar surface area (TPSA) is 59.4 Å². The van der Waals surface area contributed by atoms with Crippen molar-refractivity contribution in [3.05, 3.63) is 96.9 Å². The van der Waals surface area contributed by atoms with Crippen molar-refractivity contribution in [3.8, 4) is 28.1 Å². The maximum atomic E-state index is 10.0. The maximum absolute atomic E-state index is 10.0. The Bertz CT molecular complexity index is 1210. The molecule has 166 valence electrons. The number of hydrogen-bond donors (Lipinski definition) is 1. The zero-order valence-electron chi connectivity index (χ0n) is 18.1. The Balaban J connectivity index is 0.000000398. The molecule has 1 aromatic heterocycles. The van der Waals surface area contributed by atoms with Gasteiger partial charge in [-0.1, -0.05) is 48.5 Å². The van der Waals surface area contributed by atoms with Gasteiger partial charge in [0.1, 0.15) is 0 Å². The van der Waals surface area contributed by atoms with Crippen LogP contribution in [0.3, 0.4) is 0 Å². The number of ether oxygens (including phenoxy) is 1. The van der Waals surface area contributed by atoms with E-state index in [9.17, 15) is 4.79 Å². The molecule has 3 aromatic carbocycles. The summed E-state index contributed by atoms with van der Waals surface area (Å²) in [6.07, 6.45) is 3.02. The molecule has 1 heterocycles. The van der Waals surface area contributed by atoms with E-state index in [2.05, 4.69) is 65.6 Å². The van der Waals surface area contributed by atoms with E-state index in [1.165, 1.54) is 36.3 Å². The van der Waals surface area contributed by atoms with Crippen LogP contribution in [0.15, 0.2) is 90.8 Å². The molecular weight excluding hydrogens is 581 g/mol. The van der Waals surface area contributed by atoms with E-state index in [1.54, 1.807) is 7.11 Å². The Morgan fingerprint density at radius 3 is 2.41 bits per heavy atom. The minimum Gasteiger partial charge on any atom is -0.540 e. The van der Waals surface area contributed by atoms with Crippen LogP contribution in [-0.2, 0) is 25.9 Å². The van der Waals surface area contributed by atoms with Gasteiger partial charge in [0, 0.05) is 39.1 Å². The summed E-state index contributed by atoms with van der Waals surface area (Å²) in [6.45, 7) is 2.85. The molecule has 0 aliphatic rings. The SMILES string of the molecule is CC(=O)/C=C(/C)O.COc1c[c-]c(-c2cc(-c3cccc4ccccc34)ccn2)cc1.[Pt]. The summed E-state index contributed by atoms with van der Waals surface area (Å²) in [5.74, 6) is 0.733. The molecule has 0 saturated carbocycles. The predicted octanol–water partition coefficient (Wildman–Crippen LogP) is 6.41. The van der Waals surface area contributed by atoms with Crippen LogP contribution in [0.5, 0.6) is 5.75 Å². The first-order valence-electron chi connectivity index (χ1n) is 9.86. The number of pyridine rings is 1. The van der Waals surface area contributed by atoms with Crippen LogP contribution in [0.1, 0.15) is 13.8 Å². The molecule has 1 N–H and O–H groups in total. The summed E-state index contributed by atoms with van der Waals surface area (Å²) in [6, 6.07) is 28.0. The maximum Gasteiger partial charge on any atom is 0.155 e. The van der Waals surface area contributed by atoms with Gasteiger partial charge >= 0.3 is 0 Å². The molecule has 0 fully saturated rings. The van der Waals surface area contributed by atoms with Crippen LogP contribution in [0, 0.1) is 6.07 Å². The zero-order chi connectivity index (χ0) is 22.2. The number of rotatable bonds is 4. The van der Waals surface area contributed by atoms with Gasteiger partial charge in [-0.3, -0.25) is 4.79 Å². The molecule has 0 aliphatic heterocycles. The summed E-state index contributed by atoms with van der Waals surface area (Å²) >= 11 is 0. The second-order valence-corrected chi connectivity index (χ2v) is 7.00. The number of methoxy groups -OCH3 is 1. The number of allylic oxidation sites excluding steroid dienone is 2. The fraction of sp³-hybridized carbons (Fsp3) is 0.111. The van der Waals surface area contributed by atoms with Crippen LogP contribution in [0.25, 0.3) is 33.2 Å². The molecule has 0 amide bonds. The van der Waals surface area contributed by atoms with Gasteiger partial charge in [0.05, 0.1) is 12.9 Å². The number of carbonyl (C=O) groups excluding carboxylic acids is 1. The molecule has 0 aliphatic carbocycles. The van der Waals surface area contributed by atoms with E-state index in [1.807, 2.05) is 24.4 Å². The molecule has 0 saturated heterocycles. The third kappa shape index (κ3) is 6.63. The van der Waals surface area contributed by atoms with Crippen molar-refractivity contribution in [2.45, 2.75) is 13.8 Å². The average Bonchev–Trinajstić information content (AvgIpc) is 2.78. The Morgan fingerprint density at radius 1 is 1.03 bits per heavy atom. The quantitative estimate of drug-likeness (QED) is 0.166. The number of aromatic nitrogens is 1. The molecule has 0 bridgehead atoms. The van der Waals surface area contributed by atoms with E-state index in [0.717, 1.165) is 22.6 Å². The summed E-state index contributed by atoms with van der Waals surface area (Å²) in [5, 5.41) is 10.8. The van der Waals surface area contributed by atoms with Crippen molar-refractivity contribution in [1.82, 2.24) is 4.98 Å². The molecule has 32 heavy (non-hydrogen) atoms. The summed E-state index contributed by atoms with van der Waals surface area (Å²) < 4.78 is 5.19. The first-order valence-corrected chi connectivity index (χ1v) is 9.86. The number of carbonyl (C=O) groups is 1. The molecule has 5 heteroatoms. The van der Waals surface area contributed by atoms with Crippen molar-refractivity contribution >= 4 is 16.6 Å². The number of ketones is 1. The number of aliphatic hydroxyl groups is 1. The molecule has 0 atom stereocenters. The molecule has 4 aromatic rings. The van der Waals surface area contributed by atoms with E-state index in [0.29, 0.717) is 0 Å². The van der Waals surface area contributed by atoms with Crippen molar-refractivity contribution in [2.75, 3.05) is 7.11 Å². The van der Waals surface area contributed by atoms with Gasteiger partial charge in [-0.05, 0) is 47.5 Å². The van der Waals surface area contributed by atoms with E-state index in [4.69, 9.17) is 9.84 Å².